The zero-order valence-corrected chi connectivity index (χ0v) is 27.9. The molecule has 242 valence electrons. The standard InChI is InChI=1S/C14H13ClN4O2S2.C14H14N4O2S2.CH4/c15-11-9(1-6-22-11)7-19-8-16-13(20)10-12(19)17-14(23-10)18-2-4-21-5-3-18;19-13-11-12(16-14(22-11)17-2-4-20-5-3-17)18(9-15-13)7-10-1-6-21-8-10;/h1,6,8H,2-5,7H2;1,6,8-9H,2-5,7H2;1H4. The van der Waals surface area contributed by atoms with Gasteiger partial charge in [-0.15, -0.1) is 11.3 Å². The highest BCUT2D eigenvalue weighted by molar-refractivity contribution is 7.22. The van der Waals surface area contributed by atoms with Gasteiger partial charge in [0.25, 0.3) is 11.1 Å². The number of thiophene rings is 2. The molecule has 0 N–H and O–H groups in total. The Hall–Kier alpha value is -3.25. The van der Waals surface area contributed by atoms with Gasteiger partial charge >= 0.3 is 0 Å². The van der Waals surface area contributed by atoms with Gasteiger partial charge in [0.05, 0.1) is 43.9 Å². The van der Waals surface area contributed by atoms with E-state index >= 15 is 0 Å². The maximum Gasteiger partial charge on any atom is 0.292 e. The van der Waals surface area contributed by atoms with Crippen molar-refractivity contribution in [3.8, 4) is 0 Å². The van der Waals surface area contributed by atoms with Gasteiger partial charge in [0.15, 0.2) is 21.6 Å². The first-order valence-corrected chi connectivity index (χ1v) is 18.0. The number of thiazole rings is 2. The molecule has 0 amide bonds. The molecule has 0 saturated carbocycles. The third kappa shape index (κ3) is 7.02. The molecular weight excluding hydrogens is 688 g/mol. The Morgan fingerprint density at radius 3 is 1.78 bits per heavy atom. The van der Waals surface area contributed by atoms with Crippen molar-refractivity contribution in [2.45, 2.75) is 20.5 Å². The van der Waals surface area contributed by atoms with E-state index in [4.69, 9.17) is 26.1 Å². The highest BCUT2D eigenvalue weighted by Crippen LogP contribution is 2.29. The fraction of sp³-hybridized carbons (Fsp3) is 0.379. The second-order valence-electron chi connectivity index (χ2n) is 10.2. The van der Waals surface area contributed by atoms with Crippen molar-refractivity contribution >= 4 is 87.9 Å². The number of rotatable bonds is 6. The van der Waals surface area contributed by atoms with Gasteiger partial charge in [-0.25, -0.2) is 9.97 Å². The van der Waals surface area contributed by atoms with E-state index in [-0.39, 0.29) is 18.5 Å². The lowest BCUT2D eigenvalue weighted by Crippen LogP contribution is -2.36. The fourth-order valence-corrected chi connectivity index (χ4v) is 8.56. The summed E-state index contributed by atoms with van der Waals surface area (Å²) in [6, 6.07) is 4.05. The topological polar surface area (TPSA) is 120 Å². The summed E-state index contributed by atoms with van der Waals surface area (Å²) in [6.07, 6.45) is 3.13. The van der Waals surface area contributed by atoms with Gasteiger partial charge in [0, 0.05) is 31.7 Å². The van der Waals surface area contributed by atoms with Gasteiger partial charge in [-0.3, -0.25) is 9.59 Å². The maximum absolute atomic E-state index is 12.1. The van der Waals surface area contributed by atoms with Crippen molar-refractivity contribution in [1.82, 2.24) is 29.1 Å². The predicted octanol–water partition coefficient (Wildman–Crippen LogP) is 4.89. The molecule has 0 bridgehead atoms. The zero-order valence-electron chi connectivity index (χ0n) is 23.8. The molecule has 0 atom stereocenters. The Bertz CT molecular complexity index is 2020. The van der Waals surface area contributed by atoms with Crippen LogP contribution in [0.3, 0.4) is 0 Å². The minimum atomic E-state index is -0.232. The van der Waals surface area contributed by atoms with E-state index in [1.54, 1.807) is 24.0 Å². The summed E-state index contributed by atoms with van der Waals surface area (Å²) in [6.45, 7) is 7.21. The highest BCUT2D eigenvalue weighted by atomic mass is 35.5. The molecule has 0 radical (unpaired) electrons. The quantitative estimate of drug-likeness (QED) is 0.236. The SMILES string of the molecule is C.O=c1ncn(Cc2ccsc2)c2nc(N3CCOCC3)sc12.O=c1ncn(Cc2ccsc2Cl)c2nc(N3CCOCC3)sc12. The Balaban J connectivity index is 0.000000158. The van der Waals surface area contributed by atoms with Crippen molar-refractivity contribution in [3.05, 3.63) is 77.1 Å². The molecule has 0 aromatic carbocycles. The lowest BCUT2D eigenvalue weighted by Gasteiger charge is -2.25. The van der Waals surface area contributed by atoms with Crippen LogP contribution in [-0.4, -0.2) is 81.7 Å². The van der Waals surface area contributed by atoms with Crippen LogP contribution in [0.4, 0.5) is 10.3 Å². The third-order valence-corrected chi connectivity index (χ3v) is 11.5. The number of aromatic nitrogens is 6. The van der Waals surface area contributed by atoms with E-state index in [0.717, 1.165) is 52.0 Å². The Morgan fingerprint density at radius 1 is 0.761 bits per heavy atom. The molecule has 2 aliphatic rings. The second kappa shape index (κ2) is 14.7. The molecule has 46 heavy (non-hydrogen) atoms. The number of hydrogen-bond acceptors (Lipinski definition) is 14. The second-order valence-corrected chi connectivity index (χ2v) is 14.5. The van der Waals surface area contributed by atoms with Gasteiger partial charge in [-0.1, -0.05) is 41.7 Å². The van der Waals surface area contributed by atoms with Gasteiger partial charge in [-0.05, 0) is 33.8 Å². The van der Waals surface area contributed by atoms with Crippen molar-refractivity contribution in [1.29, 1.82) is 0 Å². The summed E-state index contributed by atoms with van der Waals surface area (Å²) >= 11 is 12.1. The Kier molecular flexibility index (Phi) is 10.4. The van der Waals surface area contributed by atoms with Crippen LogP contribution >= 0.6 is 56.9 Å². The van der Waals surface area contributed by atoms with Crippen LogP contribution in [-0.2, 0) is 22.6 Å². The largest absolute Gasteiger partial charge is 0.378 e. The number of morpholine rings is 2. The van der Waals surface area contributed by atoms with E-state index in [1.807, 2.05) is 26.0 Å². The first-order valence-electron chi connectivity index (χ1n) is 14.1. The fourth-order valence-electron chi connectivity index (χ4n) is 4.95. The van der Waals surface area contributed by atoms with Crippen LogP contribution in [0, 0.1) is 0 Å². The van der Waals surface area contributed by atoms with Crippen molar-refractivity contribution in [2.75, 3.05) is 62.4 Å². The van der Waals surface area contributed by atoms with Gasteiger partial charge in [0.2, 0.25) is 0 Å². The molecule has 2 fully saturated rings. The number of halogens is 1. The number of hydrogen-bond donors (Lipinski definition) is 0. The summed E-state index contributed by atoms with van der Waals surface area (Å²) in [4.78, 5) is 45.8. The molecule has 2 saturated heterocycles. The minimum absolute atomic E-state index is 0. The molecule has 6 aromatic heterocycles. The molecule has 0 unspecified atom stereocenters. The first-order chi connectivity index (χ1) is 22.0. The van der Waals surface area contributed by atoms with Crippen LogP contribution in [0.2, 0.25) is 4.34 Å². The number of nitrogens with zero attached hydrogens (tertiary/aromatic N) is 8. The summed E-state index contributed by atoms with van der Waals surface area (Å²) < 4.78 is 16.5. The number of ether oxygens (including phenoxy) is 2. The lowest BCUT2D eigenvalue weighted by atomic mass is 10.3. The monoisotopic (exact) mass is 718 g/mol. The molecular formula is C29H31ClN8O4S4. The molecule has 8 rings (SSSR count). The summed E-state index contributed by atoms with van der Waals surface area (Å²) in [5.41, 5.74) is 3.15. The summed E-state index contributed by atoms with van der Waals surface area (Å²) in [7, 11) is 0. The summed E-state index contributed by atoms with van der Waals surface area (Å²) in [5, 5.41) is 7.81. The van der Waals surface area contributed by atoms with Gasteiger partial charge < -0.3 is 28.4 Å². The first kappa shape index (κ1) is 32.7. The Labute approximate surface area is 285 Å². The van der Waals surface area contributed by atoms with Crippen molar-refractivity contribution in [3.63, 3.8) is 0 Å². The van der Waals surface area contributed by atoms with Crippen LogP contribution in [0.5, 0.6) is 0 Å². The van der Waals surface area contributed by atoms with Crippen LogP contribution in [0.1, 0.15) is 18.6 Å². The summed E-state index contributed by atoms with van der Waals surface area (Å²) in [5.74, 6) is 0. The average molecular weight is 719 g/mol. The molecule has 2 aliphatic heterocycles. The average Bonchev–Trinajstić information content (AvgIpc) is 3.89. The number of fused-ring (bicyclic) bond motifs is 2. The van der Waals surface area contributed by atoms with Gasteiger partial charge in [0.1, 0.15) is 22.1 Å². The maximum atomic E-state index is 12.1. The smallest absolute Gasteiger partial charge is 0.292 e. The molecule has 17 heteroatoms. The predicted molar refractivity (Wildman–Crippen MR) is 188 cm³/mol. The Morgan fingerprint density at radius 2 is 1.30 bits per heavy atom. The molecule has 6 aromatic rings. The van der Waals surface area contributed by atoms with E-state index in [1.165, 1.54) is 39.6 Å². The molecule has 0 aliphatic carbocycles. The van der Waals surface area contributed by atoms with E-state index in [9.17, 15) is 9.59 Å². The zero-order chi connectivity index (χ0) is 30.8. The normalized spacial score (nSPS) is 15.2. The van der Waals surface area contributed by atoms with E-state index in [0.29, 0.717) is 54.6 Å². The number of anilines is 2. The van der Waals surface area contributed by atoms with E-state index < -0.39 is 0 Å². The van der Waals surface area contributed by atoms with E-state index in [2.05, 4.69) is 36.2 Å². The third-order valence-electron chi connectivity index (χ3n) is 7.29. The van der Waals surface area contributed by atoms with Gasteiger partial charge in [-0.2, -0.15) is 21.3 Å². The molecule has 8 heterocycles. The van der Waals surface area contributed by atoms with Crippen molar-refractivity contribution < 1.29 is 9.47 Å². The van der Waals surface area contributed by atoms with Crippen LogP contribution < -0.4 is 20.9 Å². The lowest BCUT2D eigenvalue weighted by molar-refractivity contribution is 0.122. The van der Waals surface area contributed by atoms with Crippen LogP contribution in [0.25, 0.3) is 20.7 Å². The van der Waals surface area contributed by atoms with Crippen molar-refractivity contribution in [2.24, 2.45) is 0 Å². The molecule has 12 nitrogen and oxygen atoms in total. The van der Waals surface area contributed by atoms with Crippen LogP contribution in [0.15, 0.2) is 50.5 Å². The highest BCUT2D eigenvalue weighted by Gasteiger charge is 2.20. The minimum Gasteiger partial charge on any atom is -0.378 e. The molecule has 0 spiro atoms.